The van der Waals surface area contributed by atoms with Gasteiger partial charge in [0.2, 0.25) is 5.90 Å². The van der Waals surface area contributed by atoms with Gasteiger partial charge in [0.1, 0.15) is 0 Å². The van der Waals surface area contributed by atoms with E-state index in [2.05, 4.69) is 0 Å². The van der Waals surface area contributed by atoms with Crippen LogP contribution in [0.15, 0.2) is 60.7 Å². The maximum atomic E-state index is 11.0. The Morgan fingerprint density at radius 3 is 1.79 bits per heavy atom. The van der Waals surface area contributed by atoms with E-state index in [1.807, 2.05) is 36.4 Å². The first-order valence-corrected chi connectivity index (χ1v) is 6.24. The highest BCUT2D eigenvalue weighted by atomic mass is 16.5. The van der Waals surface area contributed by atoms with Crippen molar-refractivity contribution in [1.82, 2.24) is 0 Å². The van der Waals surface area contributed by atoms with Crippen LogP contribution in [0.25, 0.3) is 0 Å². The Bertz CT molecular complexity index is 498. The molecule has 0 amide bonds. The van der Waals surface area contributed by atoms with Gasteiger partial charge in [0.25, 0.3) is 0 Å². The van der Waals surface area contributed by atoms with E-state index >= 15 is 0 Å². The monoisotopic (exact) mass is 255 g/mol. The van der Waals surface area contributed by atoms with Crippen LogP contribution in [0.5, 0.6) is 0 Å². The second-order valence-electron chi connectivity index (χ2n) is 4.20. The van der Waals surface area contributed by atoms with Crippen LogP contribution < -0.4 is 0 Å². The first kappa shape index (κ1) is 13.3. The molecule has 2 rings (SSSR count). The number of nitrogens with one attached hydrogen (secondary N) is 1. The van der Waals surface area contributed by atoms with Gasteiger partial charge >= 0.3 is 0 Å². The van der Waals surface area contributed by atoms with Gasteiger partial charge in [0.05, 0.1) is 6.61 Å². The fourth-order valence-corrected chi connectivity index (χ4v) is 2.04. The Kier molecular flexibility index (Phi) is 3.97. The summed E-state index contributed by atoms with van der Waals surface area (Å²) in [5.41, 5.74) is -0.294. The van der Waals surface area contributed by atoms with Crippen molar-refractivity contribution in [2.45, 2.75) is 12.5 Å². The Labute approximate surface area is 113 Å². The van der Waals surface area contributed by atoms with Crippen molar-refractivity contribution in [3.63, 3.8) is 0 Å². The summed E-state index contributed by atoms with van der Waals surface area (Å²) in [5, 5.41) is 19.0. The minimum Gasteiger partial charge on any atom is -0.479 e. The first-order chi connectivity index (χ1) is 9.19. The minimum absolute atomic E-state index is 0.160. The Balaban J connectivity index is 2.54. The molecule has 2 aromatic carbocycles. The van der Waals surface area contributed by atoms with E-state index in [9.17, 15) is 5.11 Å². The predicted molar refractivity (Wildman–Crippen MR) is 75.2 cm³/mol. The second kappa shape index (κ2) is 5.67. The lowest BCUT2D eigenvalue weighted by Crippen LogP contribution is -2.38. The summed E-state index contributed by atoms with van der Waals surface area (Å²) in [6.45, 7) is 2.14. The Morgan fingerprint density at radius 2 is 1.42 bits per heavy atom. The third kappa shape index (κ3) is 2.51. The zero-order chi connectivity index (χ0) is 13.7. The van der Waals surface area contributed by atoms with Gasteiger partial charge in [-0.1, -0.05) is 60.7 Å². The summed E-state index contributed by atoms with van der Waals surface area (Å²) in [4.78, 5) is 0. The quantitative estimate of drug-likeness (QED) is 0.652. The topological polar surface area (TPSA) is 53.3 Å². The molecule has 0 aliphatic rings. The highest BCUT2D eigenvalue weighted by Crippen LogP contribution is 2.31. The highest BCUT2D eigenvalue weighted by Gasteiger charge is 2.38. The third-order valence-corrected chi connectivity index (χ3v) is 3.00. The van der Waals surface area contributed by atoms with Gasteiger partial charge < -0.3 is 9.84 Å². The fraction of sp³-hybridized carbons (Fsp3) is 0.188. The van der Waals surface area contributed by atoms with Crippen molar-refractivity contribution >= 4 is 5.90 Å². The zero-order valence-corrected chi connectivity index (χ0v) is 10.8. The molecule has 0 saturated heterocycles. The van der Waals surface area contributed by atoms with E-state index in [4.69, 9.17) is 10.1 Å². The van der Waals surface area contributed by atoms with Crippen LogP contribution in [0.2, 0.25) is 0 Å². The van der Waals surface area contributed by atoms with Crippen LogP contribution in [0, 0.1) is 5.41 Å². The Hall–Kier alpha value is -2.13. The van der Waals surface area contributed by atoms with Gasteiger partial charge in [-0.2, -0.15) is 0 Å². The molecule has 2 N–H and O–H groups in total. The van der Waals surface area contributed by atoms with Gasteiger partial charge in [-0.05, 0) is 18.1 Å². The van der Waals surface area contributed by atoms with Crippen LogP contribution in [0.1, 0.15) is 18.1 Å². The van der Waals surface area contributed by atoms with E-state index in [0.29, 0.717) is 17.7 Å². The molecule has 0 radical (unpaired) electrons. The standard InChI is InChI=1S/C16H17NO2/c1-2-19-15(17)16(18,13-9-5-3-6-10-13)14-11-7-4-8-12-14/h3-12,17-18H,2H2,1H3. The van der Waals surface area contributed by atoms with Crippen LogP contribution in [-0.2, 0) is 10.3 Å². The minimum atomic E-state index is -1.54. The van der Waals surface area contributed by atoms with E-state index in [-0.39, 0.29) is 5.90 Å². The maximum absolute atomic E-state index is 11.0. The van der Waals surface area contributed by atoms with Crippen LogP contribution in [0.4, 0.5) is 0 Å². The largest absolute Gasteiger partial charge is 0.479 e. The summed E-state index contributed by atoms with van der Waals surface area (Å²) in [5.74, 6) is -0.160. The van der Waals surface area contributed by atoms with E-state index in [0.717, 1.165) is 0 Å². The number of rotatable bonds is 4. The molecule has 0 aromatic heterocycles. The van der Waals surface area contributed by atoms with Crippen LogP contribution >= 0.6 is 0 Å². The predicted octanol–water partition coefficient (Wildman–Crippen LogP) is 2.94. The molecule has 19 heavy (non-hydrogen) atoms. The number of ether oxygens (including phenoxy) is 1. The van der Waals surface area contributed by atoms with E-state index < -0.39 is 5.60 Å². The maximum Gasteiger partial charge on any atom is 0.223 e. The third-order valence-electron chi connectivity index (χ3n) is 3.00. The molecule has 0 saturated carbocycles. The lowest BCUT2D eigenvalue weighted by molar-refractivity contribution is 0.115. The number of hydrogen-bond acceptors (Lipinski definition) is 3. The molecule has 3 nitrogen and oxygen atoms in total. The van der Waals surface area contributed by atoms with Crippen molar-refractivity contribution in [3.05, 3.63) is 71.8 Å². The molecule has 0 atom stereocenters. The average Bonchev–Trinajstić information content (AvgIpc) is 2.48. The van der Waals surface area contributed by atoms with Crippen LogP contribution in [0.3, 0.4) is 0 Å². The molecule has 0 spiro atoms. The number of hydrogen-bond donors (Lipinski definition) is 2. The normalized spacial score (nSPS) is 11.1. The molecular formula is C16H17NO2. The van der Waals surface area contributed by atoms with Crippen molar-refractivity contribution in [1.29, 1.82) is 5.41 Å². The number of benzene rings is 2. The summed E-state index contributed by atoms with van der Waals surface area (Å²) in [6, 6.07) is 18.3. The molecule has 0 bridgehead atoms. The van der Waals surface area contributed by atoms with Crippen molar-refractivity contribution < 1.29 is 9.84 Å². The summed E-state index contributed by atoms with van der Waals surface area (Å²) >= 11 is 0. The highest BCUT2D eigenvalue weighted by molar-refractivity contribution is 5.87. The number of aliphatic hydroxyl groups is 1. The van der Waals surface area contributed by atoms with Gasteiger partial charge in [-0.3, -0.25) is 5.41 Å². The van der Waals surface area contributed by atoms with E-state index in [1.54, 1.807) is 31.2 Å². The molecule has 0 aliphatic heterocycles. The fourth-order valence-electron chi connectivity index (χ4n) is 2.04. The summed E-state index contributed by atoms with van der Waals surface area (Å²) in [6.07, 6.45) is 0. The SMILES string of the molecule is CCOC(=N)C(O)(c1ccccc1)c1ccccc1. The van der Waals surface area contributed by atoms with Gasteiger partial charge in [-0.15, -0.1) is 0 Å². The molecule has 3 heteroatoms. The molecular weight excluding hydrogens is 238 g/mol. The van der Waals surface area contributed by atoms with E-state index in [1.165, 1.54) is 0 Å². The van der Waals surface area contributed by atoms with Gasteiger partial charge in [0.15, 0.2) is 5.60 Å². The molecule has 0 fully saturated rings. The van der Waals surface area contributed by atoms with Crippen molar-refractivity contribution in [2.75, 3.05) is 6.61 Å². The molecule has 0 heterocycles. The van der Waals surface area contributed by atoms with Gasteiger partial charge in [-0.25, -0.2) is 0 Å². The summed E-state index contributed by atoms with van der Waals surface area (Å²) < 4.78 is 5.25. The summed E-state index contributed by atoms with van der Waals surface area (Å²) in [7, 11) is 0. The average molecular weight is 255 g/mol. The second-order valence-corrected chi connectivity index (χ2v) is 4.20. The Morgan fingerprint density at radius 1 is 1.00 bits per heavy atom. The zero-order valence-electron chi connectivity index (χ0n) is 10.8. The first-order valence-electron chi connectivity index (χ1n) is 6.24. The van der Waals surface area contributed by atoms with Crippen LogP contribution in [-0.4, -0.2) is 17.6 Å². The van der Waals surface area contributed by atoms with Crippen molar-refractivity contribution in [3.8, 4) is 0 Å². The molecule has 0 unspecified atom stereocenters. The molecule has 0 aliphatic carbocycles. The van der Waals surface area contributed by atoms with Crippen molar-refractivity contribution in [2.24, 2.45) is 0 Å². The molecule has 98 valence electrons. The lowest BCUT2D eigenvalue weighted by Gasteiger charge is -2.29. The smallest absolute Gasteiger partial charge is 0.223 e. The lowest BCUT2D eigenvalue weighted by atomic mass is 9.86. The van der Waals surface area contributed by atoms with Gasteiger partial charge in [0, 0.05) is 0 Å². The molecule has 2 aromatic rings.